The summed E-state index contributed by atoms with van der Waals surface area (Å²) in [6, 6.07) is 4.46. The number of hydrogen-bond acceptors (Lipinski definition) is 3. The van der Waals surface area contributed by atoms with Gasteiger partial charge in [0.15, 0.2) is 0 Å². The molecule has 0 bridgehead atoms. The van der Waals surface area contributed by atoms with Crippen LogP contribution in [0.5, 0.6) is 0 Å². The molecule has 1 amide bonds. The number of benzene rings is 1. The van der Waals surface area contributed by atoms with Crippen molar-refractivity contribution in [3.63, 3.8) is 0 Å². The van der Waals surface area contributed by atoms with Crippen LogP contribution in [-0.2, 0) is 17.4 Å². The first-order chi connectivity index (χ1) is 13.2. The highest BCUT2D eigenvalue weighted by Crippen LogP contribution is 2.38. The number of amides is 1. The zero-order chi connectivity index (χ0) is 20.5. The maximum Gasteiger partial charge on any atom is 0.416 e. The SMILES string of the molecule is C=CC(=O)NCC1Cc2c(cnn2C(F)F)N(c2ccc(C(F)(F)F)cc2)C1. The van der Waals surface area contributed by atoms with Crippen LogP contribution >= 0.6 is 0 Å². The van der Waals surface area contributed by atoms with Gasteiger partial charge in [-0.15, -0.1) is 0 Å². The minimum Gasteiger partial charge on any atom is -0.352 e. The molecule has 0 spiro atoms. The Balaban J connectivity index is 1.93. The van der Waals surface area contributed by atoms with Crippen molar-refractivity contribution in [1.82, 2.24) is 15.1 Å². The first-order valence-electron chi connectivity index (χ1n) is 8.40. The molecule has 10 heteroatoms. The van der Waals surface area contributed by atoms with Gasteiger partial charge in [-0.3, -0.25) is 4.79 Å². The van der Waals surface area contributed by atoms with Gasteiger partial charge in [-0.25, -0.2) is 4.68 Å². The quantitative estimate of drug-likeness (QED) is 0.612. The normalized spacial score (nSPS) is 16.8. The largest absolute Gasteiger partial charge is 0.416 e. The molecule has 0 saturated carbocycles. The van der Waals surface area contributed by atoms with E-state index in [4.69, 9.17) is 0 Å². The monoisotopic (exact) mass is 400 g/mol. The van der Waals surface area contributed by atoms with Crippen molar-refractivity contribution in [3.8, 4) is 0 Å². The van der Waals surface area contributed by atoms with Gasteiger partial charge in [0, 0.05) is 18.8 Å². The number of aromatic nitrogens is 2. The van der Waals surface area contributed by atoms with Gasteiger partial charge in [0.05, 0.1) is 23.1 Å². The molecule has 28 heavy (non-hydrogen) atoms. The predicted octanol–water partition coefficient (Wildman–Crippen LogP) is 3.91. The van der Waals surface area contributed by atoms with Gasteiger partial charge in [0.2, 0.25) is 5.91 Å². The standard InChI is InChI=1S/C18H17F5N4O/c1-2-16(28)24-8-11-7-14-15(9-25-27(14)17(19)20)26(10-11)13-5-3-12(4-6-13)18(21,22)23/h2-6,9,11,17H,1,7-8,10H2,(H,24,28). The Morgan fingerprint density at radius 2 is 2.00 bits per heavy atom. The third kappa shape index (κ3) is 4.00. The topological polar surface area (TPSA) is 50.2 Å². The summed E-state index contributed by atoms with van der Waals surface area (Å²) < 4.78 is 65.6. The zero-order valence-electron chi connectivity index (χ0n) is 14.6. The van der Waals surface area contributed by atoms with E-state index in [0.29, 0.717) is 22.6 Å². The summed E-state index contributed by atoms with van der Waals surface area (Å²) >= 11 is 0. The maximum absolute atomic E-state index is 13.3. The van der Waals surface area contributed by atoms with Crippen LogP contribution < -0.4 is 10.2 Å². The second-order valence-electron chi connectivity index (χ2n) is 6.37. The minimum absolute atomic E-state index is 0.204. The van der Waals surface area contributed by atoms with E-state index < -0.39 is 24.2 Å². The summed E-state index contributed by atoms with van der Waals surface area (Å²) in [7, 11) is 0. The smallest absolute Gasteiger partial charge is 0.352 e. The van der Waals surface area contributed by atoms with Crippen molar-refractivity contribution < 1.29 is 26.7 Å². The van der Waals surface area contributed by atoms with E-state index in [1.54, 1.807) is 4.90 Å². The van der Waals surface area contributed by atoms with Gasteiger partial charge in [-0.2, -0.15) is 27.1 Å². The lowest BCUT2D eigenvalue weighted by Gasteiger charge is -2.34. The Bertz CT molecular complexity index is 860. The van der Waals surface area contributed by atoms with Gasteiger partial charge in [-0.1, -0.05) is 6.58 Å². The van der Waals surface area contributed by atoms with Crippen LogP contribution in [-0.4, -0.2) is 28.8 Å². The molecule has 5 nitrogen and oxygen atoms in total. The van der Waals surface area contributed by atoms with E-state index in [1.165, 1.54) is 18.3 Å². The highest BCUT2D eigenvalue weighted by atomic mass is 19.4. The van der Waals surface area contributed by atoms with Gasteiger partial charge in [0.25, 0.3) is 0 Å². The third-order valence-electron chi connectivity index (χ3n) is 4.53. The van der Waals surface area contributed by atoms with Crippen LogP contribution in [0.4, 0.5) is 33.3 Å². The number of anilines is 2. The lowest BCUT2D eigenvalue weighted by Crippen LogP contribution is -2.39. The predicted molar refractivity (Wildman–Crippen MR) is 92.3 cm³/mol. The molecule has 1 aromatic carbocycles. The van der Waals surface area contributed by atoms with Gasteiger partial charge >= 0.3 is 12.7 Å². The maximum atomic E-state index is 13.3. The van der Waals surface area contributed by atoms with Crippen LogP contribution in [0.25, 0.3) is 0 Å². The molecule has 3 rings (SSSR count). The number of nitrogens with one attached hydrogen (secondary N) is 1. The number of alkyl halides is 5. The van der Waals surface area contributed by atoms with E-state index in [1.807, 2.05) is 0 Å². The number of rotatable bonds is 5. The summed E-state index contributed by atoms with van der Waals surface area (Å²) in [5, 5.41) is 6.34. The van der Waals surface area contributed by atoms with Crippen LogP contribution in [0.3, 0.4) is 0 Å². The second-order valence-corrected chi connectivity index (χ2v) is 6.37. The molecule has 0 aliphatic carbocycles. The fourth-order valence-electron chi connectivity index (χ4n) is 3.19. The highest BCUT2D eigenvalue weighted by molar-refractivity contribution is 5.86. The molecule has 1 N–H and O–H groups in total. The zero-order valence-corrected chi connectivity index (χ0v) is 14.6. The highest BCUT2D eigenvalue weighted by Gasteiger charge is 2.33. The third-order valence-corrected chi connectivity index (χ3v) is 4.53. The fraction of sp³-hybridized carbons (Fsp3) is 0.333. The summed E-state index contributed by atoms with van der Waals surface area (Å²) in [6.07, 6.45) is -1.85. The summed E-state index contributed by atoms with van der Waals surface area (Å²) in [4.78, 5) is 13.1. The molecular formula is C18H17F5N4O. The molecular weight excluding hydrogens is 383 g/mol. The van der Waals surface area contributed by atoms with Crippen molar-refractivity contribution in [1.29, 1.82) is 0 Å². The van der Waals surface area contributed by atoms with Crippen molar-refractivity contribution in [2.45, 2.75) is 19.1 Å². The number of fused-ring (bicyclic) bond motifs is 1. The Morgan fingerprint density at radius 1 is 1.32 bits per heavy atom. The second kappa shape index (κ2) is 7.61. The van der Waals surface area contributed by atoms with Gasteiger partial charge < -0.3 is 10.2 Å². The Morgan fingerprint density at radius 3 is 2.57 bits per heavy atom. The van der Waals surface area contributed by atoms with Crippen molar-refractivity contribution in [3.05, 3.63) is 54.4 Å². The van der Waals surface area contributed by atoms with Crippen LogP contribution in [0, 0.1) is 5.92 Å². The average Bonchev–Trinajstić information content (AvgIpc) is 3.09. The molecule has 0 fully saturated rings. The molecule has 1 atom stereocenters. The number of carbonyl (C=O) groups is 1. The molecule has 1 aliphatic rings. The lowest BCUT2D eigenvalue weighted by atomic mass is 9.96. The molecule has 1 aromatic heterocycles. The molecule has 0 radical (unpaired) electrons. The van der Waals surface area contributed by atoms with Crippen molar-refractivity contribution in [2.75, 3.05) is 18.0 Å². The Hall–Kier alpha value is -2.91. The van der Waals surface area contributed by atoms with E-state index in [9.17, 15) is 26.7 Å². The van der Waals surface area contributed by atoms with Crippen molar-refractivity contribution >= 4 is 17.3 Å². The van der Waals surface area contributed by atoms with Crippen LogP contribution in [0.15, 0.2) is 43.1 Å². The van der Waals surface area contributed by atoms with E-state index >= 15 is 0 Å². The summed E-state index contributed by atoms with van der Waals surface area (Å²) in [5.41, 5.74) is 0.291. The fourth-order valence-corrected chi connectivity index (χ4v) is 3.19. The van der Waals surface area contributed by atoms with E-state index in [2.05, 4.69) is 17.0 Å². The molecule has 150 valence electrons. The van der Waals surface area contributed by atoms with E-state index in [0.717, 1.165) is 18.2 Å². The lowest BCUT2D eigenvalue weighted by molar-refractivity contribution is -0.137. The number of hydrogen-bond donors (Lipinski definition) is 1. The summed E-state index contributed by atoms with van der Waals surface area (Å²) in [6.45, 7) is 1.03. The number of nitrogens with zero attached hydrogens (tertiary/aromatic N) is 3. The first-order valence-corrected chi connectivity index (χ1v) is 8.40. The Labute approximate surface area is 157 Å². The summed E-state index contributed by atoms with van der Waals surface area (Å²) in [5.74, 6) is -0.637. The number of halogens is 5. The number of carbonyl (C=O) groups excluding carboxylic acids is 1. The van der Waals surface area contributed by atoms with Crippen LogP contribution in [0.2, 0.25) is 0 Å². The van der Waals surface area contributed by atoms with Crippen molar-refractivity contribution in [2.24, 2.45) is 5.92 Å². The van der Waals surface area contributed by atoms with Crippen LogP contribution in [0.1, 0.15) is 17.8 Å². The van der Waals surface area contributed by atoms with Gasteiger partial charge in [0.1, 0.15) is 0 Å². The molecule has 0 saturated heterocycles. The first kappa shape index (κ1) is 19.8. The molecule has 1 unspecified atom stereocenters. The average molecular weight is 400 g/mol. The molecule has 2 aromatic rings. The van der Waals surface area contributed by atoms with Gasteiger partial charge in [-0.05, 0) is 42.7 Å². The minimum atomic E-state index is -4.47. The van der Waals surface area contributed by atoms with E-state index in [-0.39, 0.29) is 24.6 Å². The Kier molecular flexibility index (Phi) is 5.39. The molecule has 2 heterocycles. The molecule has 1 aliphatic heterocycles.